The van der Waals surface area contributed by atoms with E-state index in [0.29, 0.717) is 6.04 Å². The van der Waals surface area contributed by atoms with Crippen LogP contribution in [0.3, 0.4) is 0 Å². The van der Waals surface area contributed by atoms with Gasteiger partial charge in [-0.05, 0) is 60.3 Å². The SMILES string of the molecule is Cc1cc(C(=O)NCC[C@@H]2CCCN2)sc1Br. The standard InChI is InChI=1S/C12H17BrN2OS/c1-8-7-10(17-11(8)13)12(16)15-6-4-9-3-2-5-14-9/h7,9,14H,2-6H2,1H3,(H,15,16)/t9-/m0/s1. The number of carbonyl (C=O) groups excluding carboxylic acids is 1. The molecule has 1 amide bonds. The summed E-state index contributed by atoms with van der Waals surface area (Å²) in [5, 5.41) is 6.40. The Labute approximate surface area is 114 Å². The maximum absolute atomic E-state index is 11.8. The van der Waals surface area contributed by atoms with Gasteiger partial charge in [0.1, 0.15) is 0 Å². The monoisotopic (exact) mass is 316 g/mol. The summed E-state index contributed by atoms with van der Waals surface area (Å²) in [6.07, 6.45) is 3.52. The highest BCUT2D eigenvalue weighted by atomic mass is 79.9. The second-order valence-electron chi connectivity index (χ2n) is 4.41. The van der Waals surface area contributed by atoms with Gasteiger partial charge in [-0.2, -0.15) is 0 Å². The van der Waals surface area contributed by atoms with Gasteiger partial charge in [0.25, 0.3) is 5.91 Å². The van der Waals surface area contributed by atoms with Gasteiger partial charge in [0.05, 0.1) is 8.66 Å². The van der Waals surface area contributed by atoms with Crippen molar-refractivity contribution in [1.82, 2.24) is 10.6 Å². The molecule has 0 bridgehead atoms. The number of thiophene rings is 1. The average molecular weight is 317 g/mol. The van der Waals surface area contributed by atoms with Gasteiger partial charge in [0, 0.05) is 12.6 Å². The van der Waals surface area contributed by atoms with Crippen molar-refractivity contribution in [3.05, 3.63) is 20.3 Å². The first-order chi connectivity index (χ1) is 8.16. The Bertz CT molecular complexity index is 380. The van der Waals surface area contributed by atoms with E-state index in [2.05, 4.69) is 26.6 Å². The lowest BCUT2D eigenvalue weighted by Gasteiger charge is -2.09. The topological polar surface area (TPSA) is 41.1 Å². The molecule has 0 aliphatic carbocycles. The number of hydrogen-bond acceptors (Lipinski definition) is 3. The molecule has 0 saturated carbocycles. The van der Waals surface area contributed by atoms with Crippen molar-refractivity contribution in [2.75, 3.05) is 13.1 Å². The second kappa shape index (κ2) is 5.98. The Morgan fingerprint density at radius 3 is 3.12 bits per heavy atom. The van der Waals surface area contributed by atoms with E-state index < -0.39 is 0 Å². The summed E-state index contributed by atoms with van der Waals surface area (Å²) < 4.78 is 1.04. The fourth-order valence-corrected chi connectivity index (χ4v) is 3.47. The molecule has 3 nitrogen and oxygen atoms in total. The Hall–Kier alpha value is -0.390. The van der Waals surface area contributed by atoms with E-state index >= 15 is 0 Å². The van der Waals surface area contributed by atoms with Crippen LogP contribution in [0.25, 0.3) is 0 Å². The number of nitrogens with one attached hydrogen (secondary N) is 2. The molecule has 0 unspecified atom stereocenters. The molecule has 5 heteroatoms. The van der Waals surface area contributed by atoms with E-state index in [4.69, 9.17) is 0 Å². The molecule has 17 heavy (non-hydrogen) atoms. The van der Waals surface area contributed by atoms with Gasteiger partial charge in [-0.3, -0.25) is 4.79 Å². The van der Waals surface area contributed by atoms with E-state index in [0.717, 1.165) is 33.7 Å². The molecule has 94 valence electrons. The van der Waals surface area contributed by atoms with Crippen LogP contribution in [0.15, 0.2) is 9.85 Å². The van der Waals surface area contributed by atoms with Crippen LogP contribution in [0.2, 0.25) is 0 Å². The van der Waals surface area contributed by atoms with Crippen LogP contribution in [0, 0.1) is 6.92 Å². The van der Waals surface area contributed by atoms with Crippen LogP contribution in [-0.4, -0.2) is 25.0 Å². The predicted molar refractivity (Wildman–Crippen MR) is 74.7 cm³/mol. The van der Waals surface area contributed by atoms with E-state index in [-0.39, 0.29) is 5.91 Å². The molecule has 2 N–H and O–H groups in total. The normalized spacial score (nSPS) is 19.5. The number of hydrogen-bond donors (Lipinski definition) is 2. The maximum Gasteiger partial charge on any atom is 0.261 e. The van der Waals surface area contributed by atoms with Gasteiger partial charge < -0.3 is 10.6 Å². The molecule has 2 heterocycles. The quantitative estimate of drug-likeness (QED) is 0.896. The van der Waals surface area contributed by atoms with Crippen LogP contribution >= 0.6 is 27.3 Å². The average Bonchev–Trinajstić information content (AvgIpc) is 2.90. The summed E-state index contributed by atoms with van der Waals surface area (Å²) in [4.78, 5) is 12.6. The third-order valence-electron chi connectivity index (χ3n) is 3.02. The Morgan fingerprint density at radius 2 is 2.53 bits per heavy atom. The molecule has 1 atom stereocenters. The minimum absolute atomic E-state index is 0.0433. The van der Waals surface area contributed by atoms with E-state index in [1.54, 1.807) is 0 Å². The highest BCUT2D eigenvalue weighted by Crippen LogP contribution is 2.27. The van der Waals surface area contributed by atoms with Crippen LogP contribution in [0.1, 0.15) is 34.5 Å². The molecular formula is C12H17BrN2OS. The number of amides is 1. The summed E-state index contributed by atoms with van der Waals surface area (Å²) in [5.74, 6) is 0.0433. The zero-order chi connectivity index (χ0) is 12.3. The smallest absolute Gasteiger partial charge is 0.261 e. The van der Waals surface area contributed by atoms with E-state index in [1.165, 1.54) is 24.2 Å². The summed E-state index contributed by atoms with van der Waals surface area (Å²) >= 11 is 4.93. The zero-order valence-corrected chi connectivity index (χ0v) is 12.3. The first-order valence-corrected chi connectivity index (χ1v) is 7.55. The van der Waals surface area contributed by atoms with Crippen LogP contribution in [0.4, 0.5) is 0 Å². The van der Waals surface area contributed by atoms with Gasteiger partial charge in [0.15, 0.2) is 0 Å². The zero-order valence-electron chi connectivity index (χ0n) is 9.88. The molecule has 1 fully saturated rings. The van der Waals surface area contributed by atoms with Gasteiger partial charge in [0.2, 0.25) is 0 Å². The minimum atomic E-state index is 0.0433. The van der Waals surface area contributed by atoms with Gasteiger partial charge in [-0.25, -0.2) is 0 Å². The number of carbonyl (C=O) groups is 1. The van der Waals surface area contributed by atoms with Gasteiger partial charge in [-0.1, -0.05) is 0 Å². The lowest BCUT2D eigenvalue weighted by Crippen LogP contribution is -2.30. The first kappa shape index (κ1) is 13.1. The molecule has 1 aliphatic heterocycles. The Kier molecular flexibility index (Phi) is 4.59. The van der Waals surface area contributed by atoms with Crippen LogP contribution < -0.4 is 10.6 Å². The molecule has 0 radical (unpaired) electrons. The highest BCUT2D eigenvalue weighted by Gasteiger charge is 2.15. The molecule has 1 saturated heterocycles. The van der Waals surface area contributed by atoms with Crippen molar-refractivity contribution >= 4 is 33.2 Å². The minimum Gasteiger partial charge on any atom is -0.351 e. The van der Waals surface area contributed by atoms with Crippen molar-refractivity contribution in [2.24, 2.45) is 0 Å². The van der Waals surface area contributed by atoms with E-state index in [9.17, 15) is 4.79 Å². The van der Waals surface area contributed by atoms with E-state index in [1.807, 2.05) is 13.0 Å². The number of halogens is 1. The molecule has 2 rings (SSSR count). The molecule has 0 spiro atoms. The van der Waals surface area contributed by atoms with Gasteiger partial charge >= 0.3 is 0 Å². The van der Waals surface area contributed by atoms with Crippen molar-refractivity contribution in [1.29, 1.82) is 0 Å². The summed E-state index contributed by atoms with van der Waals surface area (Å²) in [6, 6.07) is 2.52. The maximum atomic E-state index is 11.8. The lowest BCUT2D eigenvalue weighted by molar-refractivity contribution is 0.0956. The molecule has 1 aliphatic rings. The summed E-state index contributed by atoms with van der Waals surface area (Å²) in [5.41, 5.74) is 1.12. The second-order valence-corrected chi connectivity index (χ2v) is 6.78. The van der Waals surface area contributed by atoms with Crippen molar-refractivity contribution < 1.29 is 4.79 Å². The number of rotatable bonds is 4. The summed E-state index contributed by atoms with van der Waals surface area (Å²) in [7, 11) is 0. The predicted octanol–water partition coefficient (Wildman–Crippen LogP) is 2.69. The molecule has 0 aromatic carbocycles. The Balaban J connectivity index is 1.76. The fraction of sp³-hybridized carbons (Fsp3) is 0.583. The third kappa shape index (κ3) is 3.53. The van der Waals surface area contributed by atoms with Crippen LogP contribution in [-0.2, 0) is 0 Å². The summed E-state index contributed by atoms with van der Waals surface area (Å²) in [6.45, 7) is 3.88. The van der Waals surface area contributed by atoms with Crippen molar-refractivity contribution in [2.45, 2.75) is 32.2 Å². The van der Waals surface area contributed by atoms with Gasteiger partial charge in [-0.15, -0.1) is 11.3 Å². The van der Waals surface area contributed by atoms with Crippen LogP contribution in [0.5, 0.6) is 0 Å². The molecule has 1 aromatic heterocycles. The van der Waals surface area contributed by atoms with Crippen molar-refractivity contribution in [3.63, 3.8) is 0 Å². The lowest BCUT2D eigenvalue weighted by atomic mass is 10.1. The molecule has 1 aromatic rings. The molecular weight excluding hydrogens is 300 g/mol. The first-order valence-electron chi connectivity index (χ1n) is 5.94. The number of aryl methyl sites for hydroxylation is 1. The highest BCUT2D eigenvalue weighted by molar-refractivity contribution is 9.11. The fourth-order valence-electron chi connectivity index (χ4n) is 2.02. The van der Waals surface area contributed by atoms with Crippen molar-refractivity contribution in [3.8, 4) is 0 Å². The Morgan fingerprint density at radius 1 is 1.71 bits per heavy atom. The third-order valence-corrected chi connectivity index (χ3v) is 5.16. The largest absolute Gasteiger partial charge is 0.351 e.